The van der Waals surface area contributed by atoms with Crippen molar-refractivity contribution in [1.82, 2.24) is 9.88 Å². The predicted octanol–water partition coefficient (Wildman–Crippen LogP) is 5.56. The molecule has 0 saturated heterocycles. The molecule has 27 heavy (non-hydrogen) atoms. The lowest BCUT2D eigenvalue weighted by molar-refractivity contribution is 0.283. The summed E-state index contributed by atoms with van der Waals surface area (Å²) >= 11 is 12.4. The van der Waals surface area contributed by atoms with Crippen LogP contribution in [0.1, 0.15) is 36.1 Å². The minimum atomic E-state index is 0.278. The van der Waals surface area contributed by atoms with E-state index in [1.165, 1.54) is 22.2 Å². The molecule has 0 unspecified atom stereocenters. The topological polar surface area (TPSA) is 37.2 Å². The standard InChI is InChI=1S/C22H26Cl2N2O/c1-16-20(14-25-11-5-2-6-12-27)19-7-3-4-8-22(19)26(16)15-17-9-10-18(23)13-21(17)24/h3-4,7-10,13,25,27H,2,5-6,11-12,14-15H2,1H3. The van der Waals surface area contributed by atoms with Crippen LogP contribution in [0.4, 0.5) is 0 Å². The molecule has 0 atom stereocenters. The minimum absolute atomic E-state index is 0.278. The van der Waals surface area contributed by atoms with Crippen LogP contribution in [-0.4, -0.2) is 22.8 Å². The van der Waals surface area contributed by atoms with Crippen molar-refractivity contribution in [2.45, 2.75) is 39.3 Å². The fraction of sp³-hybridized carbons (Fsp3) is 0.364. The largest absolute Gasteiger partial charge is 0.396 e. The number of nitrogens with one attached hydrogen (secondary N) is 1. The smallest absolute Gasteiger partial charge is 0.0493 e. The first kappa shape index (κ1) is 20.2. The van der Waals surface area contributed by atoms with Crippen molar-refractivity contribution in [3.63, 3.8) is 0 Å². The van der Waals surface area contributed by atoms with Gasteiger partial charge in [-0.2, -0.15) is 0 Å². The summed E-state index contributed by atoms with van der Waals surface area (Å²) < 4.78 is 2.33. The molecule has 0 fully saturated rings. The fourth-order valence-electron chi connectivity index (χ4n) is 3.50. The molecule has 144 valence electrons. The molecular weight excluding hydrogens is 379 g/mol. The van der Waals surface area contributed by atoms with E-state index in [2.05, 4.69) is 41.1 Å². The Bertz CT molecular complexity index is 905. The van der Waals surface area contributed by atoms with Crippen molar-refractivity contribution < 1.29 is 5.11 Å². The van der Waals surface area contributed by atoms with Gasteiger partial charge in [-0.15, -0.1) is 0 Å². The Balaban J connectivity index is 1.82. The van der Waals surface area contributed by atoms with Crippen LogP contribution in [0.25, 0.3) is 10.9 Å². The maximum absolute atomic E-state index is 8.87. The van der Waals surface area contributed by atoms with Crippen molar-refractivity contribution in [3.05, 3.63) is 69.3 Å². The highest BCUT2D eigenvalue weighted by Crippen LogP contribution is 2.29. The van der Waals surface area contributed by atoms with Crippen LogP contribution < -0.4 is 5.32 Å². The fourth-order valence-corrected chi connectivity index (χ4v) is 3.97. The zero-order valence-corrected chi connectivity index (χ0v) is 17.2. The van der Waals surface area contributed by atoms with Gasteiger partial charge >= 0.3 is 0 Å². The second kappa shape index (κ2) is 9.61. The number of benzene rings is 2. The lowest BCUT2D eigenvalue weighted by Crippen LogP contribution is -2.15. The second-order valence-corrected chi connectivity index (χ2v) is 7.71. The summed E-state index contributed by atoms with van der Waals surface area (Å²) in [5.74, 6) is 0. The van der Waals surface area contributed by atoms with Crippen LogP contribution in [0.2, 0.25) is 10.0 Å². The number of para-hydroxylation sites is 1. The predicted molar refractivity (Wildman–Crippen MR) is 115 cm³/mol. The Labute approximate surface area is 170 Å². The number of halogens is 2. The van der Waals surface area contributed by atoms with Crippen LogP contribution >= 0.6 is 23.2 Å². The van der Waals surface area contributed by atoms with E-state index in [1.54, 1.807) is 6.07 Å². The van der Waals surface area contributed by atoms with Gasteiger partial charge in [-0.05, 0) is 62.1 Å². The van der Waals surface area contributed by atoms with Gasteiger partial charge in [-0.3, -0.25) is 0 Å². The first-order valence-corrected chi connectivity index (χ1v) is 10.2. The summed E-state index contributed by atoms with van der Waals surface area (Å²) in [6.45, 7) is 4.97. The third-order valence-corrected chi connectivity index (χ3v) is 5.61. The van der Waals surface area contributed by atoms with Gasteiger partial charge in [-0.1, -0.05) is 47.5 Å². The van der Waals surface area contributed by atoms with E-state index in [0.29, 0.717) is 10.0 Å². The molecule has 3 aromatic rings. The number of aromatic nitrogens is 1. The van der Waals surface area contributed by atoms with E-state index in [9.17, 15) is 0 Å². The van der Waals surface area contributed by atoms with Gasteiger partial charge in [0.15, 0.2) is 0 Å². The maximum atomic E-state index is 8.87. The average molecular weight is 405 g/mol. The van der Waals surface area contributed by atoms with Gasteiger partial charge in [0.05, 0.1) is 0 Å². The van der Waals surface area contributed by atoms with Crippen molar-refractivity contribution in [2.75, 3.05) is 13.2 Å². The van der Waals surface area contributed by atoms with Gasteiger partial charge < -0.3 is 15.0 Å². The molecule has 1 aromatic heterocycles. The highest BCUT2D eigenvalue weighted by Gasteiger charge is 2.14. The number of hydrogen-bond acceptors (Lipinski definition) is 2. The molecule has 0 amide bonds. The Hall–Kier alpha value is -1.52. The van der Waals surface area contributed by atoms with Gasteiger partial charge in [-0.25, -0.2) is 0 Å². The van der Waals surface area contributed by atoms with E-state index in [0.717, 1.165) is 44.5 Å². The monoisotopic (exact) mass is 404 g/mol. The Morgan fingerprint density at radius 3 is 2.63 bits per heavy atom. The number of aliphatic hydroxyl groups excluding tert-OH is 1. The van der Waals surface area contributed by atoms with E-state index < -0.39 is 0 Å². The third-order valence-electron chi connectivity index (χ3n) is 5.02. The van der Waals surface area contributed by atoms with E-state index in [-0.39, 0.29) is 6.61 Å². The number of fused-ring (bicyclic) bond motifs is 1. The third kappa shape index (κ3) is 4.85. The SMILES string of the molecule is Cc1c(CNCCCCCO)c2ccccc2n1Cc1ccc(Cl)cc1Cl. The first-order chi connectivity index (χ1) is 13.1. The second-order valence-electron chi connectivity index (χ2n) is 6.86. The van der Waals surface area contributed by atoms with E-state index in [4.69, 9.17) is 28.3 Å². The van der Waals surface area contributed by atoms with Gasteiger partial charge in [0.1, 0.15) is 0 Å². The normalized spacial score (nSPS) is 11.4. The number of nitrogens with zero attached hydrogens (tertiary/aromatic N) is 1. The van der Waals surface area contributed by atoms with Gasteiger partial charge in [0.2, 0.25) is 0 Å². The summed E-state index contributed by atoms with van der Waals surface area (Å²) in [4.78, 5) is 0. The Morgan fingerprint density at radius 1 is 1.04 bits per heavy atom. The number of aliphatic hydroxyl groups is 1. The molecule has 0 aliphatic heterocycles. The molecule has 0 radical (unpaired) electrons. The summed E-state index contributed by atoms with van der Waals surface area (Å²) in [5.41, 5.74) is 4.87. The molecule has 5 heteroatoms. The number of unbranched alkanes of at least 4 members (excludes halogenated alkanes) is 2. The van der Waals surface area contributed by atoms with Gasteiger partial charge in [0.25, 0.3) is 0 Å². The molecular formula is C22H26Cl2N2O. The first-order valence-electron chi connectivity index (χ1n) is 9.44. The lowest BCUT2D eigenvalue weighted by atomic mass is 10.1. The molecule has 0 aliphatic carbocycles. The highest BCUT2D eigenvalue weighted by atomic mass is 35.5. The zero-order chi connectivity index (χ0) is 19.2. The lowest BCUT2D eigenvalue weighted by Gasteiger charge is -2.11. The average Bonchev–Trinajstić information content (AvgIpc) is 2.92. The summed E-state index contributed by atoms with van der Waals surface area (Å²) in [6, 6.07) is 14.2. The van der Waals surface area contributed by atoms with Crippen LogP contribution in [0, 0.1) is 6.92 Å². The van der Waals surface area contributed by atoms with Crippen LogP contribution in [0.5, 0.6) is 0 Å². The molecule has 0 spiro atoms. The van der Waals surface area contributed by atoms with Crippen molar-refractivity contribution >= 4 is 34.1 Å². The van der Waals surface area contributed by atoms with Crippen LogP contribution in [0.15, 0.2) is 42.5 Å². The zero-order valence-electron chi connectivity index (χ0n) is 15.6. The molecule has 1 heterocycles. The molecule has 2 N–H and O–H groups in total. The quantitative estimate of drug-likeness (QED) is 0.458. The van der Waals surface area contributed by atoms with E-state index >= 15 is 0 Å². The van der Waals surface area contributed by atoms with E-state index in [1.807, 2.05) is 12.1 Å². The summed E-state index contributed by atoms with van der Waals surface area (Å²) in [7, 11) is 0. The van der Waals surface area contributed by atoms with Crippen LogP contribution in [0.3, 0.4) is 0 Å². The molecule has 0 aliphatic rings. The molecule has 0 saturated carbocycles. The summed E-state index contributed by atoms with van der Waals surface area (Å²) in [5, 5.41) is 15.1. The van der Waals surface area contributed by atoms with Crippen molar-refractivity contribution in [3.8, 4) is 0 Å². The minimum Gasteiger partial charge on any atom is -0.396 e. The van der Waals surface area contributed by atoms with Crippen LogP contribution in [-0.2, 0) is 13.1 Å². The molecule has 0 bridgehead atoms. The summed E-state index contributed by atoms with van der Waals surface area (Å²) in [6.07, 6.45) is 3.01. The van der Waals surface area contributed by atoms with Crippen molar-refractivity contribution in [1.29, 1.82) is 0 Å². The van der Waals surface area contributed by atoms with Crippen molar-refractivity contribution in [2.24, 2.45) is 0 Å². The Kier molecular flexibility index (Phi) is 7.20. The van der Waals surface area contributed by atoms with Gasteiger partial charge in [0, 0.05) is 46.3 Å². The number of hydrogen-bond donors (Lipinski definition) is 2. The molecule has 2 aromatic carbocycles. The maximum Gasteiger partial charge on any atom is 0.0493 e. The Morgan fingerprint density at radius 2 is 1.85 bits per heavy atom. The highest BCUT2D eigenvalue weighted by molar-refractivity contribution is 6.35. The number of rotatable bonds is 9. The molecule has 3 rings (SSSR count). The molecule has 3 nitrogen and oxygen atoms in total.